The van der Waals surface area contributed by atoms with Gasteiger partial charge in [0.15, 0.2) is 6.61 Å². The van der Waals surface area contributed by atoms with Gasteiger partial charge >= 0.3 is 5.97 Å². The summed E-state index contributed by atoms with van der Waals surface area (Å²) >= 11 is 0. The number of ether oxygens (including phenoxy) is 1. The third kappa shape index (κ3) is 5.60. The van der Waals surface area contributed by atoms with Crippen molar-refractivity contribution in [2.45, 2.75) is 23.8 Å². The van der Waals surface area contributed by atoms with E-state index in [0.717, 1.165) is 24.0 Å². The molecule has 3 aromatic rings. The molecule has 164 valence electrons. The normalized spacial score (nSPS) is 13.4. The predicted octanol–water partition coefficient (Wildman–Crippen LogP) is 3.59. The maximum atomic E-state index is 12.3. The molecule has 0 atom stereocenters. The minimum Gasteiger partial charge on any atom is -0.452 e. The van der Waals surface area contributed by atoms with E-state index < -0.39 is 28.5 Å². The summed E-state index contributed by atoms with van der Waals surface area (Å²) in [7, 11) is -3.69. The highest BCUT2D eigenvalue weighted by Crippen LogP contribution is 2.23. The molecule has 3 aromatic carbocycles. The van der Waals surface area contributed by atoms with E-state index in [1.54, 1.807) is 12.1 Å². The van der Waals surface area contributed by atoms with Gasteiger partial charge in [0.1, 0.15) is 0 Å². The largest absolute Gasteiger partial charge is 0.452 e. The van der Waals surface area contributed by atoms with Gasteiger partial charge in [0.2, 0.25) is 10.0 Å². The van der Waals surface area contributed by atoms with Gasteiger partial charge < -0.3 is 10.1 Å². The summed E-state index contributed by atoms with van der Waals surface area (Å²) in [6.45, 7) is -0.490. The molecule has 1 fully saturated rings. The Morgan fingerprint density at radius 3 is 2.25 bits per heavy atom. The predicted molar refractivity (Wildman–Crippen MR) is 121 cm³/mol. The molecule has 4 rings (SSSR count). The van der Waals surface area contributed by atoms with Crippen LogP contribution in [0.1, 0.15) is 23.2 Å². The van der Waals surface area contributed by atoms with Crippen LogP contribution in [-0.4, -0.2) is 32.9 Å². The first-order valence-corrected chi connectivity index (χ1v) is 11.6. The molecule has 32 heavy (non-hydrogen) atoms. The van der Waals surface area contributed by atoms with Crippen molar-refractivity contribution in [2.75, 3.05) is 11.9 Å². The van der Waals surface area contributed by atoms with Gasteiger partial charge in [-0.25, -0.2) is 17.9 Å². The van der Waals surface area contributed by atoms with E-state index in [1.807, 2.05) is 42.5 Å². The van der Waals surface area contributed by atoms with Crippen LogP contribution in [0.3, 0.4) is 0 Å². The van der Waals surface area contributed by atoms with Crippen molar-refractivity contribution in [1.29, 1.82) is 0 Å². The molecule has 1 aliphatic carbocycles. The van der Waals surface area contributed by atoms with Crippen LogP contribution in [0.25, 0.3) is 11.1 Å². The van der Waals surface area contributed by atoms with Gasteiger partial charge in [0, 0.05) is 11.7 Å². The number of hydrogen-bond donors (Lipinski definition) is 2. The number of esters is 1. The number of hydrogen-bond acceptors (Lipinski definition) is 5. The number of carbonyl (C=O) groups excluding carboxylic acids is 2. The average molecular weight is 451 g/mol. The standard InChI is InChI=1S/C24H22N2O5S/c27-23(25-20-11-9-18(10-12-20)17-5-2-1-3-6-17)16-31-24(28)19-7-4-8-22(15-19)32(29,30)26-21-13-14-21/h1-12,15,21,26H,13-14,16H2,(H,25,27). The highest BCUT2D eigenvalue weighted by molar-refractivity contribution is 7.89. The van der Waals surface area contributed by atoms with Crippen molar-refractivity contribution < 1.29 is 22.7 Å². The molecular weight excluding hydrogens is 428 g/mol. The molecule has 0 heterocycles. The van der Waals surface area contributed by atoms with Gasteiger partial charge in [-0.05, 0) is 54.3 Å². The van der Waals surface area contributed by atoms with E-state index in [0.29, 0.717) is 5.69 Å². The first kappa shape index (κ1) is 21.7. The summed E-state index contributed by atoms with van der Waals surface area (Å²) in [5.41, 5.74) is 2.71. The highest BCUT2D eigenvalue weighted by atomic mass is 32.2. The van der Waals surface area contributed by atoms with Crippen molar-refractivity contribution in [2.24, 2.45) is 0 Å². The maximum absolute atomic E-state index is 12.3. The second-order valence-electron chi connectivity index (χ2n) is 7.49. The number of benzene rings is 3. The fraction of sp³-hybridized carbons (Fsp3) is 0.167. The quantitative estimate of drug-likeness (QED) is 0.511. The Balaban J connectivity index is 1.32. The third-order valence-corrected chi connectivity index (χ3v) is 6.41. The van der Waals surface area contributed by atoms with Gasteiger partial charge in [-0.1, -0.05) is 48.5 Å². The van der Waals surface area contributed by atoms with E-state index in [9.17, 15) is 18.0 Å². The Kier molecular flexibility index (Phi) is 6.34. The van der Waals surface area contributed by atoms with Crippen LogP contribution in [0.4, 0.5) is 5.69 Å². The van der Waals surface area contributed by atoms with Crippen LogP contribution < -0.4 is 10.0 Å². The van der Waals surface area contributed by atoms with Crippen molar-refractivity contribution in [3.05, 3.63) is 84.4 Å². The smallest absolute Gasteiger partial charge is 0.338 e. The van der Waals surface area contributed by atoms with Crippen LogP contribution in [-0.2, 0) is 19.6 Å². The van der Waals surface area contributed by atoms with Gasteiger partial charge in [0.25, 0.3) is 5.91 Å². The summed E-state index contributed by atoms with van der Waals surface area (Å²) in [5, 5.41) is 2.67. The summed E-state index contributed by atoms with van der Waals surface area (Å²) < 4.78 is 32.2. The Morgan fingerprint density at radius 2 is 1.56 bits per heavy atom. The fourth-order valence-corrected chi connectivity index (χ4v) is 4.42. The lowest BCUT2D eigenvalue weighted by Gasteiger charge is -2.09. The van der Waals surface area contributed by atoms with Crippen LogP contribution in [0.5, 0.6) is 0 Å². The number of sulfonamides is 1. The number of carbonyl (C=O) groups is 2. The molecule has 7 nitrogen and oxygen atoms in total. The fourth-order valence-electron chi connectivity index (χ4n) is 3.07. The molecule has 0 aliphatic heterocycles. The van der Waals surface area contributed by atoms with Gasteiger partial charge in [-0.15, -0.1) is 0 Å². The van der Waals surface area contributed by atoms with E-state index in [2.05, 4.69) is 10.0 Å². The summed E-state index contributed by atoms with van der Waals surface area (Å²) in [6.07, 6.45) is 1.62. The molecule has 0 bridgehead atoms. The molecular formula is C24H22N2O5S. The number of amides is 1. The Hall–Kier alpha value is -3.49. The van der Waals surface area contributed by atoms with E-state index in [4.69, 9.17) is 4.74 Å². The molecule has 1 amide bonds. The highest BCUT2D eigenvalue weighted by Gasteiger charge is 2.28. The molecule has 1 saturated carbocycles. The zero-order valence-electron chi connectivity index (χ0n) is 17.2. The molecule has 0 radical (unpaired) electrons. The van der Waals surface area contributed by atoms with Crippen LogP contribution >= 0.6 is 0 Å². The monoisotopic (exact) mass is 450 g/mol. The first-order valence-electron chi connectivity index (χ1n) is 10.2. The lowest BCUT2D eigenvalue weighted by atomic mass is 10.1. The summed E-state index contributed by atoms with van der Waals surface area (Å²) in [6, 6.07) is 22.7. The second-order valence-corrected chi connectivity index (χ2v) is 9.21. The van der Waals surface area contributed by atoms with Gasteiger partial charge in [0.05, 0.1) is 10.5 Å². The average Bonchev–Trinajstić information content (AvgIpc) is 3.62. The van der Waals surface area contributed by atoms with Crippen molar-refractivity contribution in [3.63, 3.8) is 0 Å². The maximum Gasteiger partial charge on any atom is 0.338 e. The minimum atomic E-state index is -3.69. The molecule has 0 unspecified atom stereocenters. The Bertz CT molecular complexity index is 1220. The topological polar surface area (TPSA) is 102 Å². The van der Waals surface area contributed by atoms with Gasteiger partial charge in [-0.2, -0.15) is 0 Å². The molecule has 0 saturated heterocycles. The Labute approximate surface area is 186 Å². The number of rotatable bonds is 8. The molecule has 1 aliphatic rings. The van der Waals surface area contributed by atoms with Crippen LogP contribution in [0, 0.1) is 0 Å². The third-order valence-electron chi connectivity index (χ3n) is 4.89. The molecule has 0 aromatic heterocycles. The SMILES string of the molecule is O=C(COC(=O)c1cccc(S(=O)(=O)NC2CC2)c1)Nc1ccc(-c2ccccc2)cc1. The summed E-state index contributed by atoms with van der Waals surface area (Å²) in [5.74, 6) is -1.27. The summed E-state index contributed by atoms with van der Waals surface area (Å²) in [4.78, 5) is 24.5. The van der Waals surface area contributed by atoms with E-state index in [1.165, 1.54) is 24.3 Å². The van der Waals surface area contributed by atoms with Crippen molar-refractivity contribution in [1.82, 2.24) is 4.72 Å². The van der Waals surface area contributed by atoms with Crippen molar-refractivity contribution in [3.8, 4) is 11.1 Å². The Morgan fingerprint density at radius 1 is 0.875 bits per heavy atom. The number of anilines is 1. The number of nitrogens with one attached hydrogen (secondary N) is 2. The molecule has 2 N–H and O–H groups in total. The van der Waals surface area contributed by atoms with Crippen LogP contribution in [0.2, 0.25) is 0 Å². The second kappa shape index (κ2) is 9.33. The minimum absolute atomic E-state index is 0.0122. The zero-order valence-corrected chi connectivity index (χ0v) is 18.0. The lowest BCUT2D eigenvalue weighted by molar-refractivity contribution is -0.119. The zero-order chi connectivity index (χ0) is 22.6. The van der Waals surface area contributed by atoms with E-state index >= 15 is 0 Å². The van der Waals surface area contributed by atoms with Crippen molar-refractivity contribution >= 4 is 27.6 Å². The first-order chi connectivity index (χ1) is 15.4. The molecule has 0 spiro atoms. The van der Waals surface area contributed by atoms with Crippen LogP contribution in [0.15, 0.2) is 83.8 Å². The lowest BCUT2D eigenvalue weighted by Crippen LogP contribution is -2.26. The molecule has 8 heteroatoms. The van der Waals surface area contributed by atoms with E-state index in [-0.39, 0.29) is 16.5 Å². The van der Waals surface area contributed by atoms with Gasteiger partial charge in [-0.3, -0.25) is 4.79 Å².